The number of nitrogens with zero attached hydrogens (tertiary/aromatic N) is 3. The number of carbonyl (C=O) groups is 1. The van der Waals surface area contributed by atoms with Crippen molar-refractivity contribution in [3.63, 3.8) is 0 Å². The van der Waals surface area contributed by atoms with Gasteiger partial charge < -0.3 is 24.4 Å². The molecule has 0 spiro atoms. The average Bonchev–Trinajstić information content (AvgIpc) is 3.13. The molecule has 2 fully saturated rings. The number of likely N-dealkylation sites (tertiary alicyclic amines) is 1. The Bertz CT molecular complexity index is 854. The minimum Gasteiger partial charge on any atom is -0.494 e. The number of fused-ring (bicyclic) bond motifs is 1. The monoisotopic (exact) mass is 416 g/mol. The number of hydrogen-bond acceptors (Lipinski definition) is 5. The number of carbonyl (C=O) groups excluding carboxylic acids is 1. The Hall–Kier alpha value is -2.48. The molecule has 2 aliphatic heterocycles. The third-order valence-corrected chi connectivity index (χ3v) is 5.88. The van der Waals surface area contributed by atoms with E-state index in [1.807, 2.05) is 30.9 Å². The van der Waals surface area contributed by atoms with E-state index < -0.39 is 0 Å². The Morgan fingerprint density at radius 1 is 1.13 bits per heavy atom. The van der Waals surface area contributed by atoms with Crippen LogP contribution >= 0.6 is 0 Å². The predicted octanol–water partition coefficient (Wildman–Crippen LogP) is 3.36. The van der Waals surface area contributed by atoms with Crippen LogP contribution < -0.4 is 14.8 Å². The fourth-order valence-electron chi connectivity index (χ4n) is 4.29. The summed E-state index contributed by atoms with van der Waals surface area (Å²) in [5.74, 6) is 1.47. The van der Waals surface area contributed by atoms with E-state index in [4.69, 9.17) is 19.3 Å². The number of hydrogen-bond donors (Lipinski definition) is 1. The average molecular weight is 417 g/mol. The van der Waals surface area contributed by atoms with Crippen molar-refractivity contribution in [3.8, 4) is 11.6 Å². The molecule has 0 unspecified atom stereocenters. The fraction of sp³-hybridized carbons (Fsp3) is 0.636. The highest BCUT2D eigenvalue weighted by Crippen LogP contribution is 2.33. The third-order valence-electron chi connectivity index (χ3n) is 5.88. The lowest BCUT2D eigenvalue weighted by Crippen LogP contribution is -2.49. The van der Waals surface area contributed by atoms with Crippen molar-refractivity contribution in [3.05, 3.63) is 18.2 Å². The van der Waals surface area contributed by atoms with Gasteiger partial charge >= 0.3 is 6.03 Å². The Morgan fingerprint density at radius 2 is 1.87 bits per heavy atom. The molecule has 2 aliphatic rings. The lowest BCUT2D eigenvalue weighted by atomic mass is 10.0. The summed E-state index contributed by atoms with van der Waals surface area (Å²) in [6.07, 6.45) is 3.53. The molecule has 4 rings (SSSR count). The molecule has 0 bridgehead atoms. The number of benzene rings is 1. The molecular weight excluding hydrogens is 384 g/mol. The van der Waals surface area contributed by atoms with Crippen molar-refractivity contribution in [2.75, 3.05) is 39.5 Å². The molecule has 0 radical (unpaired) electrons. The first-order valence-electron chi connectivity index (χ1n) is 11.1. The first-order valence-corrected chi connectivity index (χ1v) is 11.1. The van der Waals surface area contributed by atoms with Crippen LogP contribution in [0.3, 0.4) is 0 Å². The second-order valence-corrected chi connectivity index (χ2v) is 7.85. The van der Waals surface area contributed by atoms with Gasteiger partial charge in [0.1, 0.15) is 5.75 Å². The first kappa shape index (κ1) is 20.8. The summed E-state index contributed by atoms with van der Waals surface area (Å²) in [6.45, 7) is 8.03. The van der Waals surface area contributed by atoms with Crippen LogP contribution in [0, 0.1) is 0 Å². The highest BCUT2D eigenvalue weighted by atomic mass is 16.5. The summed E-state index contributed by atoms with van der Waals surface area (Å²) >= 11 is 0. The minimum atomic E-state index is 0.0436. The van der Waals surface area contributed by atoms with E-state index in [1.54, 1.807) is 0 Å². The van der Waals surface area contributed by atoms with Gasteiger partial charge in [0.25, 0.3) is 0 Å². The smallest absolute Gasteiger partial charge is 0.317 e. The standard InChI is InChI=1S/C22H32N4O4/c1-3-29-18-5-6-20-19(15-18)21(30-4-2)24-26(20)17-7-11-25(12-8-17)22(27)23-16-9-13-28-14-10-16/h5-6,15-17H,3-4,7-14H2,1-2H3,(H,23,27). The largest absolute Gasteiger partial charge is 0.494 e. The number of nitrogens with one attached hydrogen (secondary N) is 1. The van der Waals surface area contributed by atoms with Gasteiger partial charge in [0.05, 0.1) is 30.2 Å². The van der Waals surface area contributed by atoms with Crippen molar-refractivity contribution in [1.82, 2.24) is 20.0 Å². The number of ether oxygens (including phenoxy) is 3. The second-order valence-electron chi connectivity index (χ2n) is 7.85. The van der Waals surface area contributed by atoms with Crippen molar-refractivity contribution in [2.24, 2.45) is 0 Å². The van der Waals surface area contributed by atoms with E-state index >= 15 is 0 Å². The maximum atomic E-state index is 12.6. The van der Waals surface area contributed by atoms with Crippen LogP contribution in [0.2, 0.25) is 0 Å². The van der Waals surface area contributed by atoms with Crippen molar-refractivity contribution >= 4 is 16.9 Å². The van der Waals surface area contributed by atoms with Gasteiger partial charge in [-0.15, -0.1) is 5.10 Å². The van der Waals surface area contributed by atoms with Crippen molar-refractivity contribution in [2.45, 2.75) is 51.6 Å². The zero-order chi connectivity index (χ0) is 20.9. The van der Waals surface area contributed by atoms with Crippen LogP contribution in [-0.2, 0) is 4.74 Å². The third kappa shape index (κ3) is 4.48. The van der Waals surface area contributed by atoms with Crippen LogP contribution in [0.25, 0.3) is 10.9 Å². The molecule has 3 heterocycles. The summed E-state index contributed by atoms with van der Waals surface area (Å²) in [4.78, 5) is 14.6. The Morgan fingerprint density at radius 3 is 2.57 bits per heavy atom. The van der Waals surface area contributed by atoms with Crippen LogP contribution in [0.1, 0.15) is 45.6 Å². The molecule has 0 aliphatic carbocycles. The lowest BCUT2D eigenvalue weighted by Gasteiger charge is -2.34. The fourth-order valence-corrected chi connectivity index (χ4v) is 4.29. The molecule has 8 heteroatoms. The molecule has 0 saturated carbocycles. The number of aromatic nitrogens is 2. The highest BCUT2D eigenvalue weighted by molar-refractivity contribution is 5.86. The molecule has 1 aromatic heterocycles. The van der Waals surface area contributed by atoms with Gasteiger partial charge in [-0.1, -0.05) is 0 Å². The minimum absolute atomic E-state index is 0.0436. The van der Waals surface area contributed by atoms with E-state index in [-0.39, 0.29) is 18.1 Å². The lowest BCUT2D eigenvalue weighted by molar-refractivity contribution is 0.0771. The molecule has 1 N–H and O–H groups in total. The Labute approximate surface area is 177 Å². The number of rotatable bonds is 6. The molecule has 164 valence electrons. The van der Waals surface area contributed by atoms with Crippen molar-refractivity contribution in [1.29, 1.82) is 0 Å². The summed E-state index contributed by atoms with van der Waals surface area (Å²) in [5, 5.41) is 8.91. The van der Waals surface area contributed by atoms with E-state index in [1.165, 1.54) is 0 Å². The van der Waals surface area contributed by atoms with Gasteiger partial charge in [-0.3, -0.25) is 4.68 Å². The summed E-state index contributed by atoms with van der Waals surface area (Å²) in [5.41, 5.74) is 1.05. The molecule has 0 atom stereocenters. The number of urea groups is 1. The normalized spacial score (nSPS) is 18.5. The van der Waals surface area contributed by atoms with Gasteiger partial charge in [0.15, 0.2) is 0 Å². The van der Waals surface area contributed by atoms with E-state index in [0.29, 0.717) is 19.1 Å². The predicted molar refractivity (Wildman–Crippen MR) is 114 cm³/mol. The van der Waals surface area contributed by atoms with E-state index in [2.05, 4.69) is 16.1 Å². The summed E-state index contributed by atoms with van der Waals surface area (Å²) in [7, 11) is 0. The quantitative estimate of drug-likeness (QED) is 0.781. The summed E-state index contributed by atoms with van der Waals surface area (Å²) < 4.78 is 18.9. The van der Waals surface area contributed by atoms with Crippen LogP contribution in [0.15, 0.2) is 18.2 Å². The van der Waals surface area contributed by atoms with Crippen LogP contribution in [0.4, 0.5) is 4.79 Å². The Balaban J connectivity index is 1.44. The Kier molecular flexibility index (Phi) is 6.62. The maximum Gasteiger partial charge on any atom is 0.317 e. The zero-order valence-corrected chi connectivity index (χ0v) is 17.9. The first-order chi connectivity index (χ1) is 14.7. The van der Waals surface area contributed by atoms with Gasteiger partial charge in [-0.25, -0.2) is 4.79 Å². The SMILES string of the molecule is CCOc1ccc2c(c1)c(OCC)nn2C1CCN(C(=O)NC2CCOCC2)CC1. The highest BCUT2D eigenvalue weighted by Gasteiger charge is 2.28. The van der Waals surface area contributed by atoms with Gasteiger partial charge in [0.2, 0.25) is 5.88 Å². The molecule has 30 heavy (non-hydrogen) atoms. The molecule has 8 nitrogen and oxygen atoms in total. The molecule has 1 aromatic carbocycles. The topological polar surface area (TPSA) is 77.9 Å². The number of amides is 2. The maximum absolute atomic E-state index is 12.6. The van der Waals surface area contributed by atoms with Gasteiger partial charge in [-0.05, 0) is 57.7 Å². The van der Waals surface area contributed by atoms with E-state index in [0.717, 1.165) is 68.6 Å². The van der Waals surface area contributed by atoms with Gasteiger partial charge in [-0.2, -0.15) is 0 Å². The summed E-state index contributed by atoms with van der Waals surface area (Å²) in [6, 6.07) is 6.56. The van der Waals surface area contributed by atoms with Gasteiger partial charge in [0, 0.05) is 32.3 Å². The molecule has 2 aromatic rings. The zero-order valence-electron chi connectivity index (χ0n) is 17.9. The van der Waals surface area contributed by atoms with E-state index in [9.17, 15) is 4.79 Å². The second kappa shape index (κ2) is 9.55. The van der Waals surface area contributed by atoms with Crippen molar-refractivity contribution < 1.29 is 19.0 Å². The molecule has 2 saturated heterocycles. The van der Waals surface area contributed by atoms with Crippen LogP contribution in [-0.4, -0.2) is 66.3 Å². The number of piperidine rings is 1. The molecular formula is C22H32N4O4. The van der Waals surface area contributed by atoms with Crippen LogP contribution in [0.5, 0.6) is 11.6 Å². The molecule has 2 amide bonds.